The highest BCUT2D eigenvalue weighted by molar-refractivity contribution is 7.22. The number of nitrogens with one attached hydrogen (secondary N) is 1. The maximum Gasteiger partial charge on any atom is 0.412 e. The number of anilines is 1. The van der Waals surface area contributed by atoms with Crippen LogP contribution in [-0.2, 0) is 11.2 Å². The van der Waals surface area contributed by atoms with Gasteiger partial charge in [-0.1, -0.05) is 22.9 Å². The van der Waals surface area contributed by atoms with Crippen LogP contribution in [0.2, 0.25) is 5.15 Å². The molecule has 0 radical (unpaired) electrons. The molecule has 0 spiro atoms. The number of ether oxygens (including phenoxy) is 1. The van der Waals surface area contributed by atoms with Crippen molar-refractivity contribution in [2.24, 2.45) is 0 Å². The van der Waals surface area contributed by atoms with Crippen molar-refractivity contribution in [1.29, 1.82) is 10.5 Å². The van der Waals surface area contributed by atoms with Crippen molar-refractivity contribution < 1.29 is 18.3 Å². The van der Waals surface area contributed by atoms with Crippen LogP contribution in [0.4, 0.5) is 18.6 Å². The van der Waals surface area contributed by atoms with Gasteiger partial charge < -0.3 is 4.74 Å². The summed E-state index contributed by atoms with van der Waals surface area (Å²) in [5.74, 6) is -1.00. The molecule has 7 nitrogen and oxygen atoms in total. The van der Waals surface area contributed by atoms with Crippen LogP contribution in [0.5, 0.6) is 0 Å². The van der Waals surface area contributed by atoms with Gasteiger partial charge in [-0.05, 0) is 19.1 Å². The van der Waals surface area contributed by atoms with Crippen molar-refractivity contribution in [3.8, 4) is 12.1 Å². The summed E-state index contributed by atoms with van der Waals surface area (Å²) < 4.78 is 30.2. The molecule has 0 saturated heterocycles. The van der Waals surface area contributed by atoms with Crippen LogP contribution in [0.1, 0.15) is 18.1 Å². The third-order valence-electron chi connectivity index (χ3n) is 3.26. The van der Waals surface area contributed by atoms with E-state index >= 15 is 0 Å². The second-order valence-corrected chi connectivity index (χ2v) is 6.57. The van der Waals surface area contributed by atoms with Crippen LogP contribution in [0.3, 0.4) is 0 Å². The van der Waals surface area contributed by atoms with Gasteiger partial charge in [0.25, 0.3) is 0 Å². The highest BCUT2D eigenvalue weighted by atomic mass is 35.5. The number of hydrogen-bond donors (Lipinski definition) is 1. The number of hydrogen-bond acceptors (Lipinski definition) is 7. The van der Waals surface area contributed by atoms with E-state index in [0.29, 0.717) is 20.8 Å². The number of halogens is 3. The molecule has 1 amide bonds. The smallest absolute Gasteiger partial charge is 0.412 e. The van der Waals surface area contributed by atoms with Gasteiger partial charge >= 0.3 is 6.09 Å². The van der Waals surface area contributed by atoms with Gasteiger partial charge in [0.05, 0.1) is 37.1 Å². The summed E-state index contributed by atoms with van der Waals surface area (Å²) in [6, 6.07) is 6.21. The average Bonchev–Trinajstić information content (AvgIpc) is 3.01. The fourth-order valence-electron chi connectivity index (χ4n) is 2.09. The molecule has 0 saturated carbocycles. The molecular weight excluding hydrogens is 424 g/mol. The molecule has 11 heteroatoms. The molecule has 1 N–H and O–H groups in total. The second kappa shape index (κ2) is 10.3. The molecular formula is C18H12ClF2N5O2S. The largest absolute Gasteiger partial charge is 0.450 e. The highest BCUT2D eigenvalue weighted by Gasteiger charge is 2.16. The van der Waals surface area contributed by atoms with E-state index in [9.17, 15) is 13.6 Å². The molecule has 148 valence electrons. The SMILES string of the molecule is CCOC(=O)Nc1sc2ncc(F)cc2c1C#N.N#CCc1cc(F)cnc1Cl. The Hall–Kier alpha value is -3.34. The third-order valence-corrected chi connectivity index (χ3v) is 4.63. The predicted molar refractivity (Wildman–Crippen MR) is 103 cm³/mol. The number of rotatable bonds is 3. The van der Waals surface area contributed by atoms with E-state index in [1.54, 1.807) is 6.92 Å². The standard InChI is InChI=1S/C11H8FN3O2S.C7H4ClFN2/c1-2-17-11(16)15-10-8(4-13)7-3-6(12)5-14-9(7)18-10;8-7-5(1-2-10)3-6(9)4-11-7/h3,5H,2H2,1H3,(H,15,16);3-4H,1H2. The van der Waals surface area contributed by atoms with Crippen LogP contribution < -0.4 is 5.32 Å². The van der Waals surface area contributed by atoms with Gasteiger partial charge in [-0.2, -0.15) is 10.5 Å². The van der Waals surface area contributed by atoms with E-state index in [0.717, 1.165) is 23.7 Å². The first-order valence-electron chi connectivity index (χ1n) is 7.98. The summed E-state index contributed by atoms with van der Waals surface area (Å²) in [5, 5.41) is 20.7. The fraction of sp³-hybridized carbons (Fsp3) is 0.167. The lowest BCUT2D eigenvalue weighted by molar-refractivity contribution is 0.168. The molecule has 0 aliphatic rings. The van der Waals surface area contributed by atoms with Gasteiger partial charge in [-0.15, -0.1) is 0 Å². The Labute approximate surface area is 173 Å². The molecule has 0 aromatic carbocycles. The molecule has 0 atom stereocenters. The average molecular weight is 436 g/mol. The van der Waals surface area contributed by atoms with E-state index < -0.39 is 17.7 Å². The zero-order valence-corrected chi connectivity index (χ0v) is 16.4. The highest BCUT2D eigenvalue weighted by Crippen LogP contribution is 2.34. The van der Waals surface area contributed by atoms with Crippen LogP contribution >= 0.6 is 22.9 Å². The Balaban J connectivity index is 0.000000234. The summed E-state index contributed by atoms with van der Waals surface area (Å²) in [4.78, 5) is 19.2. The van der Waals surface area contributed by atoms with Crippen molar-refractivity contribution in [3.05, 3.63) is 52.4 Å². The van der Waals surface area contributed by atoms with Crippen molar-refractivity contribution in [3.63, 3.8) is 0 Å². The lowest BCUT2D eigenvalue weighted by atomic mass is 10.2. The number of nitrogens with zero attached hydrogens (tertiary/aromatic N) is 4. The molecule has 3 rings (SSSR count). The number of fused-ring (bicyclic) bond motifs is 1. The molecule has 0 unspecified atom stereocenters. The zero-order chi connectivity index (χ0) is 21.4. The Kier molecular flexibility index (Phi) is 7.78. The normalized spacial score (nSPS) is 9.72. The third kappa shape index (κ3) is 5.82. The van der Waals surface area contributed by atoms with Crippen LogP contribution in [0.15, 0.2) is 24.5 Å². The maximum absolute atomic E-state index is 13.1. The number of aromatic nitrogens is 2. The van der Waals surface area contributed by atoms with Crippen molar-refractivity contribution in [1.82, 2.24) is 9.97 Å². The number of carbonyl (C=O) groups excluding carboxylic acids is 1. The number of pyridine rings is 2. The number of carbonyl (C=O) groups is 1. The Morgan fingerprint density at radius 2 is 1.97 bits per heavy atom. The zero-order valence-electron chi connectivity index (χ0n) is 14.9. The monoisotopic (exact) mass is 435 g/mol. The van der Waals surface area contributed by atoms with Gasteiger partial charge in [0.15, 0.2) is 0 Å². The minimum Gasteiger partial charge on any atom is -0.450 e. The molecule has 3 aromatic rings. The Morgan fingerprint density at radius 3 is 2.62 bits per heavy atom. The van der Waals surface area contributed by atoms with Gasteiger partial charge in [0.2, 0.25) is 0 Å². The summed E-state index contributed by atoms with van der Waals surface area (Å²) in [7, 11) is 0. The van der Waals surface area contributed by atoms with E-state index in [-0.39, 0.29) is 23.7 Å². The first kappa shape index (κ1) is 22.0. The molecule has 0 aliphatic heterocycles. The van der Waals surface area contributed by atoms with Gasteiger partial charge in [-0.3, -0.25) is 5.32 Å². The quantitative estimate of drug-likeness (QED) is 0.590. The molecule has 3 aromatic heterocycles. The van der Waals surface area contributed by atoms with E-state index in [1.807, 2.05) is 12.1 Å². The topological polar surface area (TPSA) is 112 Å². The minimum atomic E-state index is -0.652. The minimum absolute atomic E-state index is 0.0869. The lowest BCUT2D eigenvalue weighted by Crippen LogP contribution is -2.12. The van der Waals surface area contributed by atoms with Crippen LogP contribution in [-0.4, -0.2) is 22.7 Å². The Morgan fingerprint density at radius 1 is 1.28 bits per heavy atom. The number of amides is 1. The first-order valence-corrected chi connectivity index (χ1v) is 9.17. The summed E-state index contributed by atoms with van der Waals surface area (Å²) in [5.41, 5.74) is 0.615. The van der Waals surface area contributed by atoms with E-state index in [4.69, 9.17) is 26.9 Å². The first-order chi connectivity index (χ1) is 13.9. The lowest BCUT2D eigenvalue weighted by Gasteiger charge is -2.02. The number of nitriles is 2. The second-order valence-electron chi connectivity index (χ2n) is 5.21. The van der Waals surface area contributed by atoms with Crippen LogP contribution in [0, 0.1) is 34.3 Å². The van der Waals surface area contributed by atoms with E-state index in [1.165, 1.54) is 12.1 Å². The van der Waals surface area contributed by atoms with Crippen molar-refractivity contribution in [2.75, 3.05) is 11.9 Å². The van der Waals surface area contributed by atoms with Gasteiger partial charge in [-0.25, -0.2) is 23.5 Å². The van der Waals surface area contributed by atoms with Crippen molar-refractivity contribution in [2.45, 2.75) is 13.3 Å². The van der Waals surface area contributed by atoms with Gasteiger partial charge in [0.1, 0.15) is 32.7 Å². The molecule has 0 fully saturated rings. The Bertz CT molecular complexity index is 1120. The predicted octanol–water partition coefficient (Wildman–Crippen LogP) is 4.82. The number of thiophene rings is 1. The fourth-order valence-corrected chi connectivity index (χ4v) is 3.22. The molecule has 29 heavy (non-hydrogen) atoms. The van der Waals surface area contributed by atoms with Crippen LogP contribution in [0.25, 0.3) is 10.2 Å². The molecule has 3 heterocycles. The van der Waals surface area contributed by atoms with Gasteiger partial charge in [0, 0.05) is 10.9 Å². The summed E-state index contributed by atoms with van der Waals surface area (Å²) >= 11 is 6.65. The van der Waals surface area contributed by atoms with E-state index in [2.05, 4.69) is 15.3 Å². The summed E-state index contributed by atoms with van der Waals surface area (Å²) in [6.45, 7) is 1.90. The molecule has 0 bridgehead atoms. The van der Waals surface area contributed by atoms with Crippen molar-refractivity contribution >= 4 is 44.2 Å². The molecule has 0 aliphatic carbocycles. The summed E-state index contributed by atoms with van der Waals surface area (Å²) in [6.07, 6.45) is 1.52. The maximum atomic E-state index is 13.1.